The van der Waals surface area contributed by atoms with Crippen molar-refractivity contribution in [3.63, 3.8) is 0 Å². The lowest BCUT2D eigenvalue weighted by atomic mass is 9.80. The van der Waals surface area contributed by atoms with Crippen LogP contribution in [-0.2, 0) is 9.53 Å². The highest BCUT2D eigenvalue weighted by molar-refractivity contribution is 5.78. The molecular weight excluding hydrogens is 302 g/mol. The third-order valence-corrected chi connectivity index (χ3v) is 4.37. The van der Waals surface area contributed by atoms with Crippen molar-refractivity contribution in [2.45, 2.75) is 58.5 Å². The van der Waals surface area contributed by atoms with E-state index in [1.54, 1.807) is 0 Å². The van der Waals surface area contributed by atoms with Crippen molar-refractivity contribution in [3.05, 3.63) is 0 Å². The molecule has 1 fully saturated rings. The van der Waals surface area contributed by atoms with Crippen LogP contribution in [-0.4, -0.2) is 24.4 Å². The maximum Gasteiger partial charge on any atom is 0.413 e. The number of hydrogen-bond donors (Lipinski definition) is 0. The van der Waals surface area contributed by atoms with Gasteiger partial charge in [-0.25, -0.2) is 0 Å². The Balaban J connectivity index is 2.89. The fourth-order valence-corrected chi connectivity index (χ4v) is 2.27. The van der Waals surface area contributed by atoms with Crippen LogP contribution in [0.1, 0.15) is 40.0 Å². The molecule has 1 aliphatic rings. The van der Waals surface area contributed by atoms with E-state index in [4.69, 9.17) is 0 Å². The molecule has 1 aliphatic carbocycles. The first-order chi connectivity index (χ1) is 9.30. The summed E-state index contributed by atoms with van der Waals surface area (Å²) in [5.41, 5.74) is -4.49. The third kappa shape index (κ3) is 3.45. The minimum absolute atomic E-state index is 0.0829. The summed E-state index contributed by atoms with van der Waals surface area (Å²) >= 11 is 0. The maximum atomic E-state index is 12.7. The van der Waals surface area contributed by atoms with E-state index in [2.05, 4.69) is 4.74 Å². The predicted octanol–water partition coefficient (Wildman–Crippen LogP) is 4.49. The van der Waals surface area contributed by atoms with Gasteiger partial charge in [0.15, 0.2) is 0 Å². The van der Waals surface area contributed by atoms with Crippen LogP contribution < -0.4 is 0 Å². The Morgan fingerprint density at radius 2 is 1.43 bits per heavy atom. The summed E-state index contributed by atoms with van der Waals surface area (Å²) in [4.78, 5) is 11.6. The van der Waals surface area contributed by atoms with Gasteiger partial charge < -0.3 is 4.74 Å². The monoisotopic (exact) mass is 320 g/mol. The Labute approximate surface area is 118 Å². The summed E-state index contributed by atoms with van der Waals surface area (Å²) in [6.45, 7) is 3.60. The van der Waals surface area contributed by atoms with Gasteiger partial charge in [-0.15, -0.1) is 0 Å². The molecule has 0 aromatic carbocycles. The van der Waals surface area contributed by atoms with E-state index in [1.807, 2.05) is 13.8 Å². The Morgan fingerprint density at radius 3 is 1.81 bits per heavy atom. The second kappa shape index (κ2) is 5.68. The smallest absolute Gasteiger partial charge is 0.413 e. The number of alkyl halides is 6. The number of ether oxygens (including phenoxy) is 1. The SMILES string of the molecule is C[C@@H]1CC[C@@H](OC(=O)C(C)(C(F)(F)F)C(F)(F)F)C[C@@H]1C. The lowest BCUT2D eigenvalue weighted by Gasteiger charge is -2.36. The molecule has 0 unspecified atom stereocenters. The van der Waals surface area contributed by atoms with Gasteiger partial charge >= 0.3 is 18.3 Å². The zero-order valence-electron chi connectivity index (χ0n) is 11.9. The lowest BCUT2D eigenvalue weighted by molar-refractivity contribution is -0.327. The quantitative estimate of drug-likeness (QED) is 0.554. The predicted molar refractivity (Wildman–Crippen MR) is 62.3 cm³/mol. The van der Waals surface area contributed by atoms with Gasteiger partial charge in [-0.3, -0.25) is 4.79 Å². The standard InChI is InChI=1S/C13H18F6O2/c1-7-4-5-9(6-8(7)2)21-10(20)11(3,12(14,15)16)13(17,18)19/h7-9H,4-6H2,1-3H3/t7-,8+,9-/m1/s1. The van der Waals surface area contributed by atoms with E-state index in [0.717, 1.165) is 0 Å². The molecule has 0 bridgehead atoms. The second-order valence-corrected chi connectivity index (χ2v) is 5.92. The van der Waals surface area contributed by atoms with Crippen LogP contribution in [0.3, 0.4) is 0 Å². The van der Waals surface area contributed by atoms with Crippen LogP contribution >= 0.6 is 0 Å². The van der Waals surface area contributed by atoms with E-state index in [9.17, 15) is 31.1 Å². The zero-order valence-corrected chi connectivity index (χ0v) is 11.9. The maximum absolute atomic E-state index is 12.7. The normalized spacial score (nSPS) is 28.3. The van der Waals surface area contributed by atoms with Crippen molar-refractivity contribution >= 4 is 5.97 Å². The van der Waals surface area contributed by atoms with Crippen molar-refractivity contribution in [2.75, 3.05) is 0 Å². The fraction of sp³-hybridized carbons (Fsp3) is 0.923. The van der Waals surface area contributed by atoms with Crippen molar-refractivity contribution in [2.24, 2.45) is 17.3 Å². The molecule has 1 rings (SSSR count). The van der Waals surface area contributed by atoms with Gasteiger partial charge in [-0.1, -0.05) is 13.8 Å². The summed E-state index contributed by atoms with van der Waals surface area (Å²) < 4.78 is 80.9. The van der Waals surface area contributed by atoms with Crippen LogP contribution in [0.4, 0.5) is 26.3 Å². The number of esters is 1. The van der Waals surface area contributed by atoms with Crippen molar-refractivity contribution < 1.29 is 35.9 Å². The Bertz CT molecular complexity index is 373. The molecule has 2 nitrogen and oxygen atoms in total. The van der Waals surface area contributed by atoms with Gasteiger partial charge in [0.1, 0.15) is 6.10 Å². The summed E-state index contributed by atoms with van der Waals surface area (Å²) in [6, 6.07) is 0. The number of rotatable bonds is 2. The minimum Gasteiger partial charge on any atom is -0.461 e. The van der Waals surface area contributed by atoms with E-state index in [1.165, 1.54) is 0 Å². The molecule has 0 spiro atoms. The van der Waals surface area contributed by atoms with Crippen LogP contribution in [0.2, 0.25) is 0 Å². The molecule has 0 aromatic heterocycles. The summed E-state index contributed by atoms with van der Waals surface area (Å²) in [6.07, 6.45) is -11.2. The van der Waals surface area contributed by atoms with Gasteiger partial charge in [0, 0.05) is 0 Å². The summed E-state index contributed by atoms with van der Waals surface area (Å²) in [7, 11) is 0. The van der Waals surface area contributed by atoms with E-state index < -0.39 is 29.8 Å². The van der Waals surface area contributed by atoms with Gasteiger partial charge in [-0.05, 0) is 38.0 Å². The zero-order chi connectivity index (χ0) is 16.6. The van der Waals surface area contributed by atoms with Gasteiger partial charge in [0.25, 0.3) is 5.41 Å². The minimum atomic E-state index is -5.75. The molecule has 21 heavy (non-hydrogen) atoms. The van der Waals surface area contributed by atoms with Gasteiger partial charge in [0.2, 0.25) is 0 Å². The van der Waals surface area contributed by atoms with Crippen LogP contribution in [0.15, 0.2) is 0 Å². The highest BCUT2D eigenvalue weighted by Crippen LogP contribution is 2.51. The number of hydrogen-bond acceptors (Lipinski definition) is 2. The van der Waals surface area contributed by atoms with E-state index in [0.29, 0.717) is 12.3 Å². The number of carbonyl (C=O) groups excluding carboxylic acids is 1. The second-order valence-electron chi connectivity index (χ2n) is 5.92. The van der Waals surface area contributed by atoms with Gasteiger partial charge in [-0.2, -0.15) is 26.3 Å². The van der Waals surface area contributed by atoms with Crippen molar-refractivity contribution in [3.8, 4) is 0 Å². The topological polar surface area (TPSA) is 26.3 Å². The van der Waals surface area contributed by atoms with Crippen LogP contribution in [0.25, 0.3) is 0 Å². The highest BCUT2D eigenvalue weighted by atomic mass is 19.4. The molecule has 0 N–H and O–H groups in total. The third-order valence-electron chi connectivity index (χ3n) is 4.37. The molecule has 0 radical (unpaired) electrons. The first-order valence-electron chi connectivity index (χ1n) is 6.65. The molecule has 0 amide bonds. The fourth-order valence-electron chi connectivity index (χ4n) is 2.27. The van der Waals surface area contributed by atoms with Crippen LogP contribution in [0, 0.1) is 17.3 Å². The summed E-state index contributed by atoms with van der Waals surface area (Å²) in [5, 5.41) is 0. The Morgan fingerprint density at radius 1 is 0.952 bits per heavy atom. The molecule has 124 valence electrons. The molecule has 3 atom stereocenters. The number of carbonyl (C=O) groups is 1. The Kier molecular flexibility index (Phi) is 4.90. The molecular formula is C13H18F6O2. The first-order valence-corrected chi connectivity index (χ1v) is 6.65. The molecule has 0 aromatic rings. The largest absolute Gasteiger partial charge is 0.461 e. The van der Waals surface area contributed by atoms with Crippen molar-refractivity contribution in [1.29, 1.82) is 0 Å². The molecule has 1 saturated carbocycles. The van der Waals surface area contributed by atoms with E-state index >= 15 is 0 Å². The molecule has 0 heterocycles. The molecule has 0 aliphatic heterocycles. The summed E-state index contributed by atoms with van der Waals surface area (Å²) in [5.74, 6) is -1.88. The first kappa shape index (κ1) is 18.1. The van der Waals surface area contributed by atoms with Crippen LogP contribution in [0.5, 0.6) is 0 Å². The Hall–Kier alpha value is -0.950. The highest BCUT2D eigenvalue weighted by Gasteiger charge is 2.73. The lowest BCUT2D eigenvalue weighted by Crippen LogP contribution is -2.55. The average molecular weight is 320 g/mol. The van der Waals surface area contributed by atoms with Gasteiger partial charge in [0.05, 0.1) is 0 Å². The molecule has 0 saturated heterocycles. The van der Waals surface area contributed by atoms with Crippen molar-refractivity contribution in [1.82, 2.24) is 0 Å². The number of halogens is 6. The average Bonchev–Trinajstić information content (AvgIpc) is 2.29. The molecule has 8 heteroatoms. The van der Waals surface area contributed by atoms with E-state index in [-0.39, 0.29) is 25.7 Å².